The maximum Gasteiger partial charge on any atom is 0.227 e. The lowest BCUT2D eigenvalue weighted by molar-refractivity contribution is 0.148. The number of nitrogens with zero attached hydrogens (tertiary/aromatic N) is 5. The van der Waals surface area contributed by atoms with Crippen molar-refractivity contribution >= 4 is 17.6 Å². The Labute approximate surface area is 147 Å². The zero-order valence-corrected chi connectivity index (χ0v) is 14.5. The maximum atomic E-state index is 9.75. The molecule has 7 heteroatoms. The molecule has 2 unspecified atom stereocenters. The van der Waals surface area contributed by atoms with Crippen molar-refractivity contribution in [3.05, 3.63) is 24.0 Å². The van der Waals surface area contributed by atoms with Gasteiger partial charge in [-0.1, -0.05) is 0 Å². The molecule has 3 fully saturated rings. The first-order chi connectivity index (χ1) is 12.2. The lowest BCUT2D eigenvalue weighted by atomic mass is 9.89. The predicted octanol–water partition coefficient (Wildman–Crippen LogP) is 2.18. The van der Waals surface area contributed by atoms with Crippen LogP contribution in [0.5, 0.6) is 0 Å². The van der Waals surface area contributed by atoms with Crippen molar-refractivity contribution in [3.8, 4) is 0 Å². The molecule has 3 heterocycles. The van der Waals surface area contributed by atoms with E-state index in [2.05, 4.69) is 26.4 Å². The fourth-order valence-electron chi connectivity index (χ4n) is 4.50. The number of hydrogen-bond donors (Lipinski definition) is 2. The second-order valence-electron chi connectivity index (χ2n) is 7.90. The number of anilines is 3. The molecule has 2 atom stereocenters. The first-order valence-corrected chi connectivity index (χ1v) is 9.17. The molecule has 3 aliphatic rings. The van der Waals surface area contributed by atoms with E-state index < -0.39 is 0 Å². The SMILES string of the molecule is Cn1nc(Nc2ccnc(N3CC4(CO)CCC3C4)n2)cc1C1CC1. The average Bonchev–Trinajstić information content (AvgIpc) is 3.13. The van der Waals surface area contributed by atoms with Crippen molar-refractivity contribution in [3.63, 3.8) is 0 Å². The van der Waals surface area contributed by atoms with E-state index in [1.165, 1.54) is 18.5 Å². The van der Waals surface area contributed by atoms with Crippen LogP contribution in [-0.2, 0) is 7.05 Å². The monoisotopic (exact) mass is 340 g/mol. The van der Waals surface area contributed by atoms with Crippen LogP contribution in [0, 0.1) is 5.41 Å². The Bertz CT molecular complexity index is 801. The number of fused-ring (bicyclic) bond motifs is 2. The minimum absolute atomic E-state index is 0.0532. The van der Waals surface area contributed by atoms with Gasteiger partial charge in [-0.2, -0.15) is 10.1 Å². The third kappa shape index (κ3) is 2.57. The summed E-state index contributed by atoms with van der Waals surface area (Å²) in [6.07, 6.45) is 7.61. The van der Waals surface area contributed by atoms with Gasteiger partial charge in [0.05, 0.1) is 6.61 Å². The lowest BCUT2D eigenvalue weighted by Crippen LogP contribution is -2.37. The Balaban J connectivity index is 1.36. The van der Waals surface area contributed by atoms with Crippen LogP contribution >= 0.6 is 0 Å². The van der Waals surface area contributed by atoms with Crippen LogP contribution < -0.4 is 10.2 Å². The second kappa shape index (κ2) is 5.42. The molecule has 2 N–H and O–H groups in total. The van der Waals surface area contributed by atoms with Gasteiger partial charge in [0.1, 0.15) is 5.82 Å². The van der Waals surface area contributed by atoms with Crippen LogP contribution in [0.3, 0.4) is 0 Å². The second-order valence-corrected chi connectivity index (χ2v) is 7.90. The van der Waals surface area contributed by atoms with Crippen LogP contribution in [0.25, 0.3) is 0 Å². The summed E-state index contributed by atoms with van der Waals surface area (Å²) in [7, 11) is 2.00. The minimum atomic E-state index is 0.0532. The molecule has 132 valence electrons. The quantitative estimate of drug-likeness (QED) is 0.868. The summed E-state index contributed by atoms with van der Waals surface area (Å²) in [5, 5.41) is 17.6. The highest BCUT2D eigenvalue weighted by atomic mass is 16.3. The molecule has 1 aliphatic heterocycles. The minimum Gasteiger partial charge on any atom is -0.396 e. The first kappa shape index (κ1) is 15.1. The van der Waals surface area contributed by atoms with Gasteiger partial charge in [0, 0.05) is 48.9 Å². The van der Waals surface area contributed by atoms with Gasteiger partial charge >= 0.3 is 0 Å². The van der Waals surface area contributed by atoms with Gasteiger partial charge < -0.3 is 15.3 Å². The zero-order chi connectivity index (χ0) is 17.0. The van der Waals surface area contributed by atoms with E-state index in [9.17, 15) is 5.11 Å². The number of aromatic nitrogens is 4. The molecular weight excluding hydrogens is 316 g/mol. The van der Waals surface area contributed by atoms with Crippen molar-refractivity contribution < 1.29 is 5.11 Å². The summed E-state index contributed by atoms with van der Waals surface area (Å²) in [5.74, 6) is 3.03. The smallest absolute Gasteiger partial charge is 0.227 e. The summed E-state index contributed by atoms with van der Waals surface area (Å²) in [5.41, 5.74) is 1.34. The Morgan fingerprint density at radius 3 is 2.96 bits per heavy atom. The fourth-order valence-corrected chi connectivity index (χ4v) is 4.50. The van der Waals surface area contributed by atoms with Crippen LogP contribution in [0.15, 0.2) is 18.3 Å². The molecule has 2 aromatic heterocycles. The third-order valence-corrected chi connectivity index (χ3v) is 6.03. The van der Waals surface area contributed by atoms with Gasteiger partial charge in [-0.25, -0.2) is 4.98 Å². The van der Waals surface area contributed by atoms with Gasteiger partial charge in [0.15, 0.2) is 5.82 Å². The van der Waals surface area contributed by atoms with Gasteiger partial charge in [0.2, 0.25) is 5.95 Å². The normalized spacial score (nSPS) is 27.9. The summed E-state index contributed by atoms with van der Waals surface area (Å²) in [6.45, 7) is 1.11. The van der Waals surface area contributed by atoms with Crippen molar-refractivity contribution in [2.45, 2.75) is 44.1 Å². The average molecular weight is 340 g/mol. The van der Waals surface area contributed by atoms with Crippen molar-refractivity contribution in [2.24, 2.45) is 12.5 Å². The molecule has 2 aromatic rings. The van der Waals surface area contributed by atoms with E-state index in [-0.39, 0.29) is 12.0 Å². The van der Waals surface area contributed by atoms with Gasteiger partial charge in [-0.05, 0) is 38.2 Å². The molecule has 7 nitrogen and oxygen atoms in total. The number of nitrogens with one attached hydrogen (secondary N) is 1. The number of aliphatic hydroxyl groups is 1. The van der Waals surface area contributed by atoms with E-state index in [0.29, 0.717) is 12.0 Å². The predicted molar refractivity (Wildman–Crippen MR) is 95.0 cm³/mol. The highest BCUT2D eigenvalue weighted by Crippen LogP contribution is 2.48. The maximum absolute atomic E-state index is 9.75. The number of aliphatic hydroxyl groups excluding tert-OH is 1. The number of aryl methyl sites for hydroxylation is 1. The summed E-state index contributed by atoms with van der Waals surface area (Å²) < 4.78 is 1.96. The number of rotatable bonds is 5. The Hall–Kier alpha value is -2.15. The van der Waals surface area contributed by atoms with Gasteiger partial charge in [0.25, 0.3) is 0 Å². The Morgan fingerprint density at radius 1 is 1.32 bits per heavy atom. The third-order valence-electron chi connectivity index (χ3n) is 6.03. The van der Waals surface area contributed by atoms with Gasteiger partial charge in [-0.15, -0.1) is 0 Å². The molecule has 0 radical (unpaired) electrons. The van der Waals surface area contributed by atoms with Crippen LogP contribution in [0.1, 0.15) is 43.7 Å². The van der Waals surface area contributed by atoms with E-state index in [0.717, 1.165) is 43.4 Å². The molecule has 0 aromatic carbocycles. The summed E-state index contributed by atoms with van der Waals surface area (Å²) in [6, 6.07) is 4.46. The molecule has 0 amide bonds. The summed E-state index contributed by atoms with van der Waals surface area (Å²) >= 11 is 0. The summed E-state index contributed by atoms with van der Waals surface area (Å²) in [4.78, 5) is 11.4. The van der Waals surface area contributed by atoms with Crippen LogP contribution in [-0.4, -0.2) is 44.0 Å². The van der Waals surface area contributed by atoms with E-state index in [1.807, 2.05) is 17.8 Å². The van der Waals surface area contributed by atoms with Crippen LogP contribution in [0.4, 0.5) is 17.6 Å². The van der Waals surface area contributed by atoms with Crippen molar-refractivity contribution in [2.75, 3.05) is 23.4 Å². The van der Waals surface area contributed by atoms with Crippen molar-refractivity contribution in [1.82, 2.24) is 19.7 Å². The number of hydrogen-bond acceptors (Lipinski definition) is 6. The molecule has 2 bridgehead atoms. The highest BCUT2D eigenvalue weighted by molar-refractivity contribution is 5.54. The fraction of sp³-hybridized carbons (Fsp3) is 0.611. The van der Waals surface area contributed by atoms with E-state index in [1.54, 1.807) is 6.20 Å². The molecule has 2 saturated carbocycles. The Morgan fingerprint density at radius 2 is 2.20 bits per heavy atom. The van der Waals surface area contributed by atoms with Gasteiger partial charge in [-0.3, -0.25) is 4.68 Å². The first-order valence-electron chi connectivity index (χ1n) is 9.17. The standard InChI is InChI=1S/C18H24N6O/c1-23-14(12-2-3-12)8-16(22-23)20-15-5-7-19-17(21-15)24-10-18(11-25)6-4-13(24)9-18/h5,7-8,12-13,25H,2-4,6,9-11H2,1H3,(H,19,20,21,22). The Kier molecular flexibility index (Phi) is 3.28. The number of piperidine rings is 1. The lowest BCUT2D eigenvalue weighted by Gasteiger charge is -2.31. The molecule has 5 rings (SSSR count). The molecular formula is C18H24N6O. The largest absolute Gasteiger partial charge is 0.396 e. The van der Waals surface area contributed by atoms with E-state index >= 15 is 0 Å². The van der Waals surface area contributed by atoms with E-state index in [4.69, 9.17) is 4.98 Å². The van der Waals surface area contributed by atoms with Crippen LogP contribution in [0.2, 0.25) is 0 Å². The highest BCUT2D eigenvalue weighted by Gasteiger charge is 2.49. The molecule has 0 spiro atoms. The van der Waals surface area contributed by atoms with Crippen molar-refractivity contribution in [1.29, 1.82) is 0 Å². The zero-order valence-electron chi connectivity index (χ0n) is 14.5. The molecule has 2 aliphatic carbocycles. The molecule has 1 saturated heterocycles. The molecule has 25 heavy (non-hydrogen) atoms. The topological polar surface area (TPSA) is 79.1 Å².